The maximum absolute atomic E-state index is 11.1. The Labute approximate surface area is 88.5 Å². The predicted octanol–water partition coefficient (Wildman–Crippen LogP) is 0.464. The highest BCUT2D eigenvalue weighted by Gasteiger charge is 2.01. The predicted molar refractivity (Wildman–Crippen MR) is 57.3 cm³/mol. The van der Waals surface area contributed by atoms with Gasteiger partial charge in [-0.3, -0.25) is 9.59 Å². The molecule has 1 rings (SSSR count). The van der Waals surface area contributed by atoms with Crippen molar-refractivity contribution in [1.29, 1.82) is 0 Å². The van der Waals surface area contributed by atoms with Gasteiger partial charge in [-0.25, -0.2) is 0 Å². The first-order valence-corrected chi connectivity index (χ1v) is 4.70. The summed E-state index contributed by atoms with van der Waals surface area (Å²) in [5.41, 5.74) is 6.69. The largest absolute Gasteiger partial charge is 0.351 e. The molecule has 0 fully saturated rings. The molecule has 0 bridgehead atoms. The van der Waals surface area contributed by atoms with Gasteiger partial charge >= 0.3 is 0 Å². The Hall–Kier alpha value is -1.68. The van der Waals surface area contributed by atoms with Crippen LogP contribution in [0.4, 0.5) is 0 Å². The molecule has 0 atom stereocenters. The summed E-state index contributed by atoms with van der Waals surface area (Å²) in [6.45, 7) is 1.89. The summed E-state index contributed by atoms with van der Waals surface area (Å²) in [5.74, 6) is -0.190. The second kappa shape index (κ2) is 5.26. The molecule has 4 heteroatoms. The van der Waals surface area contributed by atoms with Crippen LogP contribution in [0.2, 0.25) is 0 Å². The van der Waals surface area contributed by atoms with Crippen molar-refractivity contribution < 1.29 is 9.59 Å². The van der Waals surface area contributed by atoms with Crippen molar-refractivity contribution in [3.05, 3.63) is 35.4 Å². The second-order valence-corrected chi connectivity index (χ2v) is 3.24. The van der Waals surface area contributed by atoms with Crippen LogP contribution in [-0.2, 0) is 11.3 Å². The van der Waals surface area contributed by atoms with Crippen molar-refractivity contribution in [3.8, 4) is 0 Å². The number of hydrogen-bond donors (Lipinski definition) is 2. The molecule has 0 unspecified atom stereocenters. The van der Waals surface area contributed by atoms with E-state index in [2.05, 4.69) is 5.32 Å². The number of rotatable bonds is 4. The summed E-state index contributed by atoms with van der Waals surface area (Å²) in [4.78, 5) is 22.0. The maximum Gasteiger partial charge on any atom is 0.234 e. The van der Waals surface area contributed by atoms with Gasteiger partial charge < -0.3 is 11.1 Å². The van der Waals surface area contributed by atoms with Crippen molar-refractivity contribution in [2.24, 2.45) is 5.73 Å². The molecule has 1 aromatic rings. The molecule has 0 saturated carbocycles. The first-order valence-electron chi connectivity index (χ1n) is 4.70. The summed E-state index contributed by atoms with van der Waals surface area (Å²) in [5, 5.41) is 2.64. The zero-order valence-corrected chi connectivity index (χ0v) is 8.62. The number of nitrogens with two attached hydrogens (primary N) is 1. The highest BCUT2D eigenvalue weighted by Crippen LogP contribution is 2.05. The molecule has 15 heavy (non-hydrogen) atoms. The molecule has 0 radical (unpaired) electrons. The van der Waals surface area contributed by atoms with E-state index in [0.29, 0.717) is 12.1 Å². The Morgan fingerprint density at radius 1 is 1.40 bits per heavy atom. The van der Waals surface area contributed by atoms with E-state index in [1.54, 1.807) is 18.2 Å². The van der Waals surface area contributed by atoms with Crippen LogP contribution < -0.4 is 11.1 Å². The first kappa shape index (κ1) is 11.4. The van der Waals surface area contributed by atoms with Crippen LogP contribution >= 0.6 is 0 Å². The molecule has 1 amide bonds. The van der Waals surface area contributed by atoms with Gasteiger partial charge in [0.15, 0.2) is 5.78 Å². The van der Waals surface area contributed by atoms with Gasteiger partial charge in [0.1, 0.15) is 0 Å². The van der Waals surface area contributed by atoms with Gasteiger partial charge in [-0.2, -0.15) is 0 Å². The molecule has 0 heterocycles. The number of ketones is 1. The molecule has 0 spiro atoms. The van der Waals surface area contributed by atoms with Gasteiger partial charge in [0, 0.05) is 12.1 Å². The van der Waals surface area contributed by atoms with Gasteiger partial charge in [0.05, 0.1) is 6.54 Å². The third-order valence-electron chi connectivity index (χ3n) is 2.01. The Bertz CT molecular complexity index is 375. The molecule has 0 aliphatic rings. The topological polar surface area (TPSA) is 72.2 Å². The van der Waals surface area contributed by atoms with E-state index in [1.807, 2.05) is 6.07 Å². The van der Waals surface area contributed by atoms with E-state index in [-0.39, 0.29) is 18.2 Å². The third kappa shape index (κ3) is 3.52. The second-order valence-electron chi connectivity index (χ2n) is 3.24. The number of Topliss-reactive ketones (excluding diaryl/α,β-unsaturated/α-hetero) is 1. The van der Waals surface area contributed by atoms with Gasteiger partial charge in [0.2, 0.25) is 5.91 Å². The number of benzene rings is 1. The van der Waals surface area contributed by atoms with Crippen molar-refractivity contribution in [1.82, 2.24) is 5.32 Å². The van der Waals surface area contributed by atoms with Crippen LogP contribution in [0.25, 0.3) is 0 Å². The summed E-state index contributed by atoms with van der Waals surface area (Å²) in [6, 6.07) is 7.15. The molecule has 80 valence electrons. The number of carbonyl (C=O) groups is 2. The summed E-state index contributed by atoms with van der Waals surface area (Å²) in [6.07, 6.45) is 0. The van der Waals surface area contributed by atoms with Crippen molar-refractivity contribution in [2.75, 3.05) is 6.54 Å². The van der Waals surface area contributed by atoms with Crippen molar-refractivity contribution in [2.45, 2.75) is 13.5 Å². The lowest BCUT2D eigenvalue weighted by Gasteiger charge is -2.04. The van der Waals surface area contributed by atoms with Crippen LogP contribution in [-0.4, -0.2) is 18.2 Å². The fourth-order valence-electron chi connectivity index (χ4n) is 1.17. The average Bonchev–Trinajstić information content (AvgIpc) is 2.26. The van der Waals surface area contributed by atoms with E-state index in [1.165, 1.54) is 6.92 Å². The van der Waals surface area contributed by atoms with Crippen LogP contribution in [0, 0.1) is 0 Å². The normalized spacial score (nSPS) is 9.73. The maximum atomic E-state index is 11.1. The Balaban J connectivity index is 2.66. The number of nitrogens with one attached hydrogen (secondary N) is 1. The van der Waals surface area contributed by atoms with E-state index >= 15 is 0 Å². The van der Waals surface area contributed by atoms with Gasteiger partial charge in [-0.1, -0.05) is 18.2 Å². The molecule has 0 saturated heterocycles. The van der Waals surface area contributed by atoms with Crippen LogP contribution in [0.3, 0.4) is 0 Å². The molecule has 0 aliphatic heterocycles. The third-order valence-corrected chi connectivity index (χ3v) is 2.01. The lowest BCUT2D eigenvalue weighted by Crippen LogP contribution is -2.29. The number of carbonyl (C=O) groups excluding carboxylic acids is 2. The number of amides is 1. The van der Waals surface area contributed by atoms with E-state index in [0.717, 1.165) is 5.56 Å². The zero-order chi connectivity index (χ0) is 11.3. The van der Waals surface area contributed by atoms with Crippen LogP contribution in [0.1, 0.15) is 22.8 Å². The summed E-state index contributed by atoms with van der Waals surface area (Å²) < 4.78 is 0. The molecule has 3 N–H and O–H groups in total. The fourth-order valence-corrected chi connectivity index (χ4v) is 1.17. The molecule has 4 nitrogen and oxygen atoms in total. The first-order chi connectivity index (χ1) is 7.13. The smallest absolute Gasteiger partial charge is 0.234 e. The Morgan fingerprint density at radius 2 is 2.13 bits per heavy atom. The van der Waals surface area contributed by atoms with Crippen LogP contribution in [0.15, 0.2) is 24.3 Å². The quantitative estimate of drug-likeness (QED) is 0.703. The van der Waals surface area contributed by atoms with E-state index < -0.39 is 0 Å². The fraction of sp³-hybridized carbons (Fsp3) is 0.273. The van der Waals surface area contributed by atoms with Crippen molar-refractivity contribution >= 4 is 11.7 Å². The van der Waals surface area contributed by atoms with Gasteiger partial charge in [-0.05, 0) is 18.6 Å². The minimum absolute atomic E-state index is 0.0157. The van der Waals surface area contributed by atoms with Crippen LogP contribution in [0.5, 0.6) is 0 Å². The average molecular weight is 206 g/mol. The zero-order valence-electron chi connectivity index (χ0n) is 8.62. The lowest BCUT2D eigenvalue weighted by molar-refractivity contribution is -0.119. The molecular weight excluding hydrogens is 192 g/mol. The van der Waals surface area contributed by atoms with Gasteiger partial charge in [-0.15, -0.1) is 0 Å². The molecule has 0 aromatic heterocycles. The Morgan fingerprint density at radius 3 is 2.73 bits per heavy atom. The Kier molecular flexibility index (Phi) is 4.00. The monoisotopic (exact) mass is 206 g/mol. The molecule has 1 aromatic carbocycles. The SMILES string of the molecule is CC(=O)c1cccc(CNC(=O)CN)c1. The highest BCUT2D eigenvalue weighted by molar-refractivity contribution is 5.94. The summed E-state index contributed by atoms with van der Waals surface area (Å²) in [7, 11) is 0. The minimum atomic E-state index is -0.205. The highest BCUT2D eigenvalue weighted by atomic mass is 16.1. The molecule has 0 aliphatic carbocycles. The lowest BCUT2D eigenvalue weighted by atomic mass is 10.1. The number of hydrogen-bond acceptors (Lipinski definition) is 3. The molecular formula is C11H14N2O2. The minimum Gasteiger partial charge on any atom is -0.351 e. The summed E-state index contributed by atoms with van der Waals surface area (Å²) >= 11 is 0. The van der Waals surface area contributed by atoms with E-state index in [9.17, 15) is 9.59 Å². The van der Waals surface area contributed by atoms with Crippen molar-refractivity contribution in [3.63, 3.8) is 0 Å². The van der Waals surface area contributed by atoms with Gasteiger partial charge in [0.25, 0.3) is 0 Å². The standard InChI is InChI=1S/C11H14N2O2/c1-8(14)10-4-2-3-9(5-10)7-13-11(15)6-12/h2-5H,6-7,12H2,1H3,(H,13,15). The van der Waals surface area contributed by atoms with E-state index in [4.69, 9.17) is 5.73 Å².